The Balaban J connectivity index is 0.918. The van der Waals surface area contributed by atoms with Crippen LogP contribution in [0, 0.1) is 17.8 Å². The van der Waals surface area contributed by atoms with E-state index in [9.17, 15) is 9.59 Å². The number of urea groups is 1. The molecule has 0 spiro atoms. The van der Waals surface area contributed by atoms with Crippen LogP contribution in [0.25, 0.3) is 0 Å². The van der Waals surface area contributed by atoms with Crippen molar-refractivity contribution in [1.82, 2.24) is 10.6 Å². The first kappa shape index (κ1) is 26.0. The van der Waals surface area contributed by atoms with E-state index in [2.05, 4.69) is 10.6 Å². The third-order valence-electron chi connectivity index (χ3n) is 8.50. The Bertz CT molecular complexity index is 759. The summed E-state index contributed by atoms with van der Waals surface area (Å²) in [5.74, 6) is 2.50. The topological polar surface area (TPSA) is 67.4 Å². The summed E-state index contributed by atoms with van der Waals surface area (Å²) >= 11 is 0. The molecule has 0 atom stereocenters. The van der Waals surface area contributed by atoms with Crippen LogP contribution < -0.4 is 10.6 Å². The maximum absolute atomic E-state index is 12.5. The summed E-state index contributed by atoms with van der Waals surface area (Å²) in [6.45, 7) is 1.17. The number of rotatable bonds is 15. The van der Waals surface area contributed by atoms with Gasteiger partial charge in [0.25, 0.3) is 0 Å². The molecule has 0 aromatic heterocycles. The number of esters is 1. The van der Waals surface area contributed by atoms with Crippen LogP contribution in [-0.4, -0.2) is 24.1 Å². The lowest BCUT2D eigenvalue weighted by atomic mass is 9.53. The number of carbonyl (C=O) groups excluding carboxylic acids is 2. The molecule has 4 fully saturated rings. The molecule has 0 saturated heterocycles. The predicted molar refractivity (Wildman–Crippen MR) is 140 cm³/mol. The van der Waals surface area contributed by atoms with E-state index >= 15 is 0 Å². The second-order valence-electron chi connectivity index (χ2n) is 11.7. The Morgan fingerprint density at radius 2 is 1.31 bits per heavy atom. The molecule has 1 aromatic rings. The molecule has 0 radical (unpaired) electrons. The lowest BCUT2D eigenvalue weighted by Gasteiger charge is -2.56. The molecule has 0 unspecified atom stereocenters. The van der Waals surface area contributed by atoms with E-state index in [0.29, 0.717) is 13.0 Å². The maximum atomic E-state index is 12.5. The molecule has 5 rings (SSSR count). The van der Waals surface area contributed by atoms with Gasteiger partial charge >= 0.3 is 12.0 Å². The number of benzene rings is 1. The van der Waals surface area contributed by atoms with Gasteiger partial charge in [0.15, 0.2) is 0 Å². The Morgan fingerprint density at radius 3 is 1.91 bits per heavy atom. The molecule has 0 heterocycles. The van der Waals surface area contributed by atoms with Crippen molar-refractivity contribution in [2.24, 2.45) is 17.8 Å². The normalized spacial score (nSPS) is 26.5. The van der Waals surface area contributed by atoms with Gasteiger partial charge in [-0.1, -0.05) is 75.3 Å². The molecule has 0 aliphatic heterocycles. The number of ether oxygens (including phenoxy) is 1. The highest BCUT2D eigenvalue weighted by Gasteiger charge is 2.51. The van der Waals surface area contributed by atoms with Gasteiger partial charge in [0.2, 0.25) is 0 Å². The zero-order valence-corrected chi connectivity index (χ0v) is 21.6. The zero-order valence-electron chi connectivity index (χ0n) is 21.6. The number of unbranched alkanes of at least 4 members (excludes halogenated alkanes) is 8. The van der Waals surface area contributed by atoms with Gasteiger partial charge in [0, 0.05) is 18.5 Å². The van der Waals surface area contributed by atoms with Crippen LogP contribution in [0.3, 0.4) is 0 Å². The second kappa shape index (κ2) is 13.3. The van der Waals surface area contributed by atoms with Gasteiger partial charge < -0.3 is 15.4 Å². The van der Waals surface area contributed by atoms with Crippen LogP contribution in [-0.2, 0) is 16.1 Å². The van der Waals surface area contributed by atoms with Crippen LogP contribution in [0.2, 0.25) is 0 Å². The third kappa shape index (κ3) is 8.54. The fourth-order valence-electron chi connectivity index (χ4n) is 7.19. The SMILES string of the molecule is O=C(NCCCCCCCCCCCC(=O)OCc1ccccc1)NC12CC3CC(CC(C3)C1)C2. The summed E-state index contributed by atoms with van der Waals surface area (Å²) in [6.07, 6.45) is 18.9. The van der Waals surface area contributed by atoms with Crippen LogP contribution in [0.15, 0.2) is 30.3 Å². The van der Waals surface area contributed by atoms with E-state index in [1.54, 1.807) is 0 Å². The first-order chi connectivity index (χ1) is 17.1. The molecule has 194 valence electrons. The molecular weight excluding hydrogens is 436 g/mol. The van der Waals surface area contributed by atoms with E-state index in [4.69, 9.17) is 4.74 Å². The predicted octanol–water partition coefficient (Wildman–Crippen LogP) is 6.90. The summed E-state index contributed by atoms with van der Waals surface area (Å²) in [5.41, 5.74) is 1.15. The molecule has 35 heavy (non-hydrogen) atoms. The zero-order chi connectivity index (χ0) is 24.3. The van der Waals surface area contributed by atoms with E-state index in [1.807, 2.05) is 30.3 Å². The summed E-state index contributed by atoms with van der Waals surface area (Å²) < 4.78 is 5.33. The first-order valence-corrected chi connectivity index (χ1v) is 14.4. The second-order valence-corrected chi connectivity index (χ2v) is 11.7. The van der Waals surface area contributed by atoms with Gasteiger partial charge in [-0.05, 0) is 74.7 Å². The first-order valence-electron chi connectivity index (χ1n) is 14.4. The van der Waals surface area contributed by atoms with Crippen molar-refractivity contribution >= 4 is 12.0 Å². The molecule has 2 amide bonds. The minimum absolute atomic E-state index is 0.0656. The van der Waals surface area contributed by atoms with Crippen molar-refractivity contribution in [2.75, 3.05) is 6.54 Å². The molecule has 5 nitrogen and oxygen atoms in total. The molecular formula is C30H46N2O3. The number of nitrogens with one attached hydrogen (secondary N) is 2. The molecule has 2 N–H and O–H groups in total. The van der Waals surface area contributed by atoms with Crippen molar-refractivity contribution in [3.8, 4) is 0 Å². The minimum Gasteiger partial charge on any atom is -0.461 e. The Kier molecular flexibility index (Phi) is 9.91. The number of hydrogen-bond donors (Lipinski definition) is 2. The largest absolute Gasteiger partial charge is 0.461 e. The van der Waals surface area contributed by atoms with Crippen LogP contribution >= 0.6 is 0 Å². The Hall–Kier alpha value is -2.04. The average molecular weight is 483 g/mol. The molecule has 4 bridgehead atoms. The number of amides is 2. The molecule has 4 aliphatic rings. The summed E-state index contributed by atoms with van der Waals surface area (Å²) in [6, 6.07) is 9.90. The summed E-state index contributed by atoms with van der Waals surface area (Å²) in [4.78, 5) is 24.3. The molecule has 4 saturated carbocycles. The third-order valence-corrected chi connectivity index (χ3v) is 8.50. The maximum Gasteiger partial charge on any atom is 0.315 e. The summed E-state index contributed by atoms with van der Waals surface area (Å²) in [7, 11) is 0. The van der Waals surface area contributed by atoms with Gasteiger partial charge in [0.1, 0.15) is 6.61 Å². The summed E-state index contributed by atoms with van der Waals surface area (Å²) in [5, 5.41) is 6.52. The van der Waals surface area contributed by atoms with E-state index in [1.165, 1.54) is 77.0 Å². The minimum atomic E-state index is -0.0888. The van der Waals surface area contributed by atoms with Gasteiger partial charge in [-0.2, -0.15) is 0 Å². The molecule has 5 heteroatoms. The number of hydrogen-bond acceptors (Lipinski definition) is 3. The standard InChI is InChI=1S/C30H46N2O3/c33-28(35-23-24-13-9-8-10-14-24)15-11-6-4-2-1-3-5-7-12-16-31-29(34)32-30-20-25-17-26(21-30)19-27(18-25)22-30/h8-10,13-14,25-27H,1-7,11-12,15-23H2,(H2,31,32,34). The van der Waals surface area contributed by atoms with E-state index in [-0.39, 0.29) is 17.5 Å². The lowest BCUT2D eigenvalue weighted by Crippen LogP contribution is -2.61. The van der Waals surface area contributed by atoms with Crippen LogP contribution in [0.4, 0.5) is 4.79 Å². The highest BCUT2D eigenvalue weighted by Crippen LogP contribution is 2.55. The monoisotopic (exact) mass is 482 g/mol. The molecule has 1 aromatic carbocycles. The highest BCUT2D eigenvalue weighted by molar-refractivity contribution is 5.74. The smallest absolute Gasteiger partial charge is 0.315 e. The van der Waals surface area contributed by atoms with E-state index < -0.39 is 0 Å². The van der Waals surface area contributed by atoms with Gasteiger partial charge in [-0.3, -0.25) is 4.79 Å². The molecule has 4 aliphatic carbocycles. The highest BCUT2D eigenvalue weighted by atomic mass is 16.5. The number of carbonyl (C=O) groups is 2. The Morgan fingerprint density at radius 1 is 0.771 bits per heavy atom. The van der Waals surface area contributed by atoms with Crippen molar-refractivity contribution in [2.45, 2.75) is 115 Å². The van der Waals surface area contributed by atoms with E-state index in [0.717, 1.165) is 49.1 Å². The van der Waals surface area contributed by atoms with Gasteiger partial charge in [-0.25, -0.2) is 4.79 Å². The van der Waals surface area contributed by atoms with Crippen molar-refractivity contribution in [1.29, 1.82) is 0 Å². The van der Waals surface area contributed by atoms with Crippen molar-refractivity contribution < 1.29 is 14.3 Å². The lowest BCUT2D eigenvalue weighted by molar-refractivity contribution is -0.145. The van der Waals surface area contributed by atoms with Crippen molar-refractivity contribution in [3.63, 3.8) is 0 Å². The quantitative estimate of drug-likeness (QED) is 0.211. The van der Waals surface area contributed by atoms with Crippen molar-refractivity contribution in [3.05, 3.63) is 35.9 Å². The van der Waals surface area contributed by atoms with Crippen LogP contribution in [0.5, 0.6) is 0 Å². The van der Waals surface area contributed by atoms with Gasteiger partial charge in [0.05, 0.1) is 0 Å². The fourth-order valence-corrected chi connectivity index (χ4v) is 7.19. The average Bonchev–Trinajstić information content (AvgIpc) is 2.83. The fraction of sp³-hybridized carbons (Fsp3) is 0.733. The van der Waals surface area contributed by atoms with Crippen LogP contribution in [0.1, 0.15) is 108 Å². The van der Waals surface area contributed by atoms with Gasteiger partial charge in [-0.15, -0.1) is 0 Å². The Labute approximate surface area is 212 Å².